The van der Waals surface area contributed by atoms with Crippen molar-refractivity contribution in [2.75, 3.05) is 42.8 Å². The summed E-state index contributed by atoms with van der Waals surface area (Å²) in [6.45, 7) is 14.9. The van der Waals surface area contributed by atoms with E-state index in [1.807, 2.05) is 53.7 Å². The van der Waals surface area contributed by atoms with Crippen LogP contribution in [0.3, 0.4) is 0 Å². The van der Waals surface area contributed by atoms with Gasteiger partial charge in [0.2, 0.25) is 29.6 Å². The molecule has 2 aromatic heterocycles. The quantitative estimate of drug-likeness (QED) is 0.180. The standard InChI is InChI=1S/C44H61N11O6/c1-25(2)20-32(39(58)52(9)10)48-41(60)44(7,8)51-38(57)33-14-12-13-19-54(33)40(59)35(26(3)4)49-37(56)29-17-15-27(5)34(21-29)55-24-30-22-46-42(50-36(30)53(11)43(55)61)47-31-18-16-28(6)45-23-31/h15-18,21-23,25-26,32-33,35H,12-14,19-20,24H2,1-11H3,(H,48,60)(H,49,56)(H,51,57)(H,46,47,50)/t32-,33?,35-/m0/s1. The summed E-state index contributed by atoms with van der Waals surface area (Å²) in [4.78, 5) is 102. The van der Waals surface area contributed by atoms with E-state index in [4.69, 9.17) is 0 Å². The molecule has 1 aromatic carbocycles. The summed E-state index contributed by atoms with van der Waals surface area (Å²) in [5.74, 6) is -1.65. The minimum Gasteiger partial charge on any atom is -0.347 e. The molecule has 0 aliphatic carbocycles. The number of urea groups is 1. The maximum Gasteiger partial charge on any atom is 0.330 e. The molecule has 61 heavy (non-hydrogen) atoms. The number of nitrogens with one attached hydrogen (secondary N) is 4. The molecule has 0 spiro atoms. The van der Waals surface area contributed by atoms with E-state index in [1.54, 1.807) is 70.5 Å². The number of aryl methyl sites for hydroxylation is 2. The van der Waals surface area contributed by atoms with Gasteiger partial charge in [-0.15, -0.1) is 0 Å². The number of amides is 7. The molecular weight excluding hydrogens is 779 g/mol. The lowest BCUT2D eigenvalue weighted by Crippen LogP contribution is -2.64. The fourth-order valence-electron chi connectivity index (χ4n) is 7.45. The van der Waals surface area contributed by atoms with Gasteiger partial charge in [-0.3, -0.25) is 38.8 Å². The first-order valence-corrected chi connectivity index (χ1v) is 20.8. The van der Waals surface area contributed by atoms with Gasteiger partial charge in [0, 0.05) is 56.4 Å². The van der Waals surface area contributed by atoms with Crippen LogP contribution in [0.4, 0.5) is 27.9 Å². The summed E-state index contributed by atoms with van der Waals surface area (Å²) in [6.07, 6.45) is 5.49. The Labute approximate surface area is 358 Å². The van der Waals surface area contributed by atoms with Crippen LogP contribution >= 0.6 is 0 Å². The topological polar surface area (TPSA) is 202 Å². The van der Waals surface area contributed by atoms with E-state index in [1.165, 1.54) is 14.7 Å². The summed E-state index contributed by atoms with van der Waals surface area (Å²) in [6, 6.07) is 5.78. The van der Waals surface area contributed by atoms with Crippen molar-refractivity contribution < 1.29 is 28.8 Å². The number of pyridine rings is 1. The van der Waals surface area contributed by atoms with Gasteiger partial charge in [0.05, 0.1) is 18.4 Å². The second-order valence-electron chi connectivity index (χ2n) is 17.5. The van der Waals surface area contributed by atoms with Crippen molar-refractivity contribution in [2.24, 2.45) is 11.8 Å². The fraction of sp³-hybridized carbons (Fsp3) is 0.523. The molecule has 17 heteroatoms. The van der Waals surface area contributed by atoms with Crippen LogP contribution in [0, 0.1) is 25.7 Å². The predicted molar refractivity (Wildman–Crippen MR) is 233 cm³/mol. The van der Waals surface area contributed by atoms with E-state index in [2.05, 4.69) is 36.2 Å². The Hall–Kier alpha value is -6.13. The first-order valence-electron chi connectivity index (χ1n) is 20.8. The second-order valence-corrected chi connectivity index (χ2v) is 17.5. The number of fused-ring (bicyclic) bond motifs is 1. The third-order valence-electron chi connectivity index (χ3n) is 11.0. The molecule has 0 radical (unpaired) electrons. The Morgan fingerprint density at radius 3 is 2.31 bits per heavy atom. The molecule has 5 rings (SSSR count). The first kappa shape index (κ1) is 45.9. The van der Waals surface area contributed by atoms with Crippen molar-refractivity contribution in [3.63, 3.8) is 0 Å². The minimum absolute atomic E-state index is 0.131. The van der Waals surface area contributed by atoms with Gasteiger partial charge >= 0.3 is 6.03 Å². The lowest BCUT2D eigenvalue weighted by atomic mass is 9.95. The smallest absolute Gasteiger partial charge is 0.330 e. The van der Waals surface area contributed by atoms with E-state index in [0.29, 0.717) is 60.9 Å². The van der Waals surface area contributed by atoms with Gasteiger partial charge in [0.25, 0.3) is 5.91 Å². The van der Waals surface area contributed by atoms with Crippen molar-refractivity contribution in [3.05, 3.63) is 65.1 Å². The van der Waals surface area contributed by atoms with Gasteiger partial charge in [0.15, 0.2) is 0 Å². The van der Waals surface area contributed by atoms with Crippen LogP contribution < -0.4 is 31.1 Å². The summed E-state index contributed by atoms with van der Waals surface area (Å²) >= 11 is 0. The van der Waals surface area contributed by atoms with Gasteiger partial charge in [-0.25, -0.2) is 9.78 Å². The molecule has 328 valence electrons. The molecule has 4 heterocycles. The van der Waals surface area contributed by atoms with Crippen molar-refractivity contribution in [2.45, 2.75) is 111 Å². The average Bonchev–Trinajstić information content (AvgIpc) is 3.21. The Morgan fingerprint density at radius 2 is 1.67 bits per heavy atom. The van der Waals surface area contributed by atoms with Crippen LogP contribution in [0.15, 0.2) is 42.7 Å². The number of anilines is 4. The van der Waals surface area contributed by atoms with Gasteiger partial charge in [-0.1, -0.05) is 33.8 Å². The number of aromatic nitrogens is 3. The number of carbonyl (C=O) groups excluding carboxylic acids is 6. The minimum atomic E-state index is -1.40. The van der Waals surface area contributed by atoms with Crippen LogP contribution in [0.1, 0.15) is 94.4 Å². The maximum absolute atomic E-state index is 14.3. The van der Waals surface area contributed by atoms with Crippen molar-refractivity contribution in [1.29, 1.82) is 0 Å². The predicted octanol–water partition coefficient (Wildman–Crippen LogP) is 4.46. The van der Waals surface area contributed by atoms with Gasteiger partial charge in [-0.05, 0) is 95.0 Å². The monoisotopic (exact) mass is 839 g/mol. The SMILES string of the molecule is Cc1ccc(Nc2ncc3c(n2)N(C)C(=O)N(c2cc(C(=O)N[C@H](C(=O)N4CCCCC4C(=O)NC(C)(C)C(=O)N[C@@H](CC(C)C)C(=O)N(C)C)C(C)C)ccc2C)C3)cn1. The van der Waals surface area contributed by atoms with Gasteiger partial charge in [-0.2, -0.15) is 4.98 Å². The first-order chi connectivity index (χ1) is 28.7. The van der Waals surface area contributed by atoms with Crippen LogP contribution in [0.2, 0.25) is 0 Å². The van der Waals surface area contributed by atoms with Crippen molar-refractivity contribution in [3.8, 4) is 0 Å². The molecule has 3 aromatic rings. The number of piperidine rings is 1. The van der Waals surface area contributed by atoms with E-state index < -0.39 is 47.3 Å². The maximum atomic E-state index is 14.3. The number of nitrogens with zero attached hydrogens (tertiary/aromatic N) is 7. The highest BCUT2D eigenvalue weighted by Gasteiger charge is 2.41. The largest absolute Gasteiger partial charge is 0.347 e. The Kier molecular flexibility index (Phi) is 14.4. The third kappa shape index (κ3) is 10.8. The second kappa shape index (κ2) is 19.1. The lowest BCUT2D eigenvalue weighted by molar-refractivity contribution is -0.146. The molecule has 3 atom stereocenters. The molecule has 17 nitrogen and oxygen atoms in total. The Bertz CT molecular complexity index is 2140. The molecule has 1 fully saturated rings. The number of carbonyl (C=O) groups is 6. The van der Waals surface area contributed by atoms with Gasteiger partial charge in [0.1, 0.15) is 29.5 Å². The van der Waals surface area contributed by atoms with Crippen LogP contribution in [0.5, 0.6) is 0 Å². The number of likely N-dealkylation sites (N-methyl/N-ethyl adjacent to an activating group) is 1. The molecule has 0 bridgehead atoms. The Balaban J connectivity index is 1.29. The molecule has 2 aliphatic heterocycles. The number of benzene rings is 1. The molecule has 1 saturated heterocycles. The lowest BCUT2D eigenvalue weighted by Gasteiger charge is -2.39. The molecule has 0 saturated carbocycles. The highest BCUT2D eigenvalue weighted by atomic mass is 16.2. The number of hydrogen-bond acceptors (Lipinski definition) is 10. The van der Waals surface area contributed by atoms with E-state index in [9.17, 15) is 28.8 Å². The summed E-state index contributed by atoms with van der Waals surface area (Å²) in [5.41, 5.74) is 2.38. The Morgan fingerprint density at radius 1 is 0.951 bits per heavy atom. The van der Waals surface area contributed by atoms with Crippen molar-refractivity contribution >= 4 is 58.7 Å². The zero-order valence-electron chi connectivity index (χ0n) is 37.3. The van der Waals surface area contributed by atoms with Gasteiger partial charge < -0.3 is 31.1 Å². The molecule has 1 unspecified atom stereocenters. The zero-order valence-corrected chi connectivity index (χ0v) is 37.3. The molecule has 4 N–H and O–H groups in total. The number of hydrogen-bond donors (Lipinski definition) is 4. The molecule has 7 amide bonds. The molecular formula is C44H61N11O6. The van der Waals surface area contributed by atoms with Crippen LogP contribution in [-0.2, 0) is 25.7 Å². The highest BCUT2D eigenvalue weighted by Crippen LogP contribution is 2.33. The summed E-state index contributed by atoms with van der Waals surface area (Å²) in [7, 11) is 4.88. The van der Waals surface area contributed by atoms with Crippen LogP contribution in [-0.4, -0.2) is 112 Å². The zero-order chi connectivity index (χ0) is 44.9. The van der Waals surface area contributed by atoms with Crippen LogP contribution in [0.25, 0.3) is 0 Å². The third-order valence-corrected chi connectivity index (χ3v) is 11.0. The normalized spacial score (nSPS) is 16.4. The molecule has 2 aliphatic rings. The summed E-state index contributed by atoms with van der Waals surface area (Å²) in [5, 5.41) is 11.7. The van der Waals surface area contributed by atoms with E-state index in [-0.39, 0.29) is 35.9 Å². The average molecular weight is 840 g/mol. The highest BCUT2D eigenvalue weighted by molar-refractivity contribution is 6.07. The number of likely N-dealkylation sites (tertiary alicyclic amines) is 1. The van der Waals surface area contributed by atoms with E-state index in [0.717, 1.165) is 11.3 Å². The summed E-state index contributed by atoms with van der Waals surface area (Å²) < 4.78 is 0. The van der Waals surface area contributed by atoms with Crippen molar-refractivity contribution in [1.82, 2.24) is 40.7 Å². The van der Waals surface area contributed by atoms with E-state index >= 15 is 0 Å². The fourth-order valence-corrected chi connectivity index (χ4v) is 7.45. The number of rotatable bonds is 14.